The van der Waals surface area contributed by atoms with Gasteiger partial charge in [0.25, 0.3) is 0 Å². The van der Waals surface area contributed by atoms with E-state index in [1.54, 1.807) is 24.3 Å². The summed E-state index contributed by atoms with van der Waals surface area (Å²) < 4.78 is 31.1. The van der Waals surface area contributed by atoms with Crippen LogP contribution in [0, 0.1) is 0 Å². The number of methoxy groups -OCH3 is 1. The third-order valence-corrected chi connectivity index (χ3v) is 5.73. The summed E-state index contributed by atoms with van der Waals surface area (Å²) in [5.74, 6) is 0.312. The minimum atomic E-state index is -3.51. The van der Waals surface area contributed by atoms with Crippen LogP contribution >= 0.6 is 0 Å². The fraction of sp³-hybridized carbons (Fsp3) is 0.227. The van der Waals surface area contributed by atoms with Gasteiger partial charge in [0.2, 0.25) is 15.9 Å². The molecule has 0 spiro atoms. The smallest absolute Gasteiger partial charge is 0.232 e. The molecule has 0 atom stereocenters. The van der Waals surface area contributed by atoms with Crippen molar-refractivity contribution in [3.63, 3.8) is 0 Å². The number of sulfonamides is 1. The van der Waals surface area contributed by atoms with Crippen LogP contribution in [0.4, 0.5) is 11.4 Å². The van der Waals surface area contributed by atoms with Gasteiger partial charge < -0.3 is 10.1 Å². The van der Waals surface area contributed by atoms with E-state index in [2.05, 4.69) is 5.32 Å². The summed E-state index contributed by atoms with van der Waals surface area (Å²) in [5, 5.41) is 5.03. The van der Waals surface area contributed by atoms with Gasteiger partial charge in [-0.25, -0.2) is 8.42 Å². The second kappa shape index (κ2) is 8.96. The van der Waals surface area contributed by atoms with Gasteiger partial charge in [0.1, 0.15) is 5.75 Å². The average Bonchev–Trinajstić information content (AvgIpc) is 2.70. The van der Waals surface area contributed by atoms with Gasteiger partial charge in [0.15, 0.2) is 0 Å². The molecule has 3 rings (SSSR count). The molecule has 0 saturated heterocycles. The van der Waals surface area contributed by atoms with Crippen molar-refractivity contribution in [2.75, 3.05) is 29.5 Å². The third kappa shape index (κ3) is 5.26. The summed E-state index contributed by atoms with van der Waals surface area (Å²) in [6, 6.07) is 20.6. The third-order valence-electron chi connectivity index (χ3n) is 4.55. The lowest BCUT2D eigenvalue weighted by Gasteiger charge is -2.24. The van der Waals surface area contributed by atoms with Gasteiger partial charge in [-0.1, -0.05) is 42.5 Å². The second-order valence-corrected chi connectivity index (χ2v) is 8.63. The van der Waals surface area contributed by atoms with Crippen LogP contribution in [0.1, 0.15) is 12.8 Å². The zero-order valence-electron chi connectivity index (χ0n) is 16.5. The number of hydrogen-bond acceptors (Lipinski definition) is 4. The molecule has 0 aliphatic carbocycles. The van der Waals surface area contributed by atoms with E-state index in [1.807, 2.05) is 42.5 Å². The van der Waals surface area contributed by atoms with Crippen molar-refractivity contribution in [1.29, 1.82) is 0 Å². The quantitative estimate of drug-likeness (QED) is 0.606. The zero-order chi connectivity index (χ0) is 20.9. The van der Waals surface area contributed by atoms with Gasteiger partial charge in [0, 0.05) is 18.7 Å². The van der Waals surface area contributed by atoms with Crippen LogP contribution in [0.5, 0.6) is 5.75 Å². The van der Waals surface area contributed by atoms with Crippen molar-refractivity contribution in [2.24, 2.45) is 0 Å². The van der Waals surface area contributed by atoms with Crippen molar-refractivity contribution in [1.82, 2.24) is 0 Å². The minimum Gasteiger partial charge on any atom is -0.495 e. The lowest BCUT2D eigenvalue weighted by Crippen LogP contribution is -2.31. The lowest BCUT2D eigenvalue weighted by molar-refractivity contribution is -0.116. The van der Waals surface area contributed by atoms with E-state index in [0.717, 1.165) is 22.7 Å². The summed E-state index contributed by atoms with van der Waals surface area (Å²) in [7, 11) is -2.01. The molecular weight excluding hydrogens is 388 g/mol. The molecule has 0 fully saturated rings. The molecule has 7 heteroatoms. The number of carbonyl (C=O) groups excluding carboxylic acids is 1. The minimum absolute atomic E-state index is 0.159. The van der Waals surface area contributed by atoms with Gasteiger partial charge >= 0.3 is 0 Å². The molecule has 0 aliphatic heterocycles. The number of hydrogen-bond donors (Lipinski definition) is 1. The molecular formula is C22H24N2O4S. The maximum absolute atomic E-state index is 12.3. The first kappa shape index (κ1) is 20.7. The fourth-order valence-corrected chi connectivity index (χ4v) is 4.14. The monoisotopic (exact) mass is 412 g/mol. The second-order valence-electron chi connectivity index (χ2n) is 6.72. The molecule has 0 aromatic heterocycles. The average molecular weight is 413 g/mol. The summed E-state index contributed by atoms with van der Waals surface area (Å²) in [6.45, 7) is 0.185. The molecule has 6 nitrogen and oxygen atoms in total. The highest BCUT2D eigenvalue weighted by molar-refractivity contribution is 7.92. The van der Waals surface area contributed by atoms with E-state index in [1.165, 1.54) is 11.4 Å². The molecule has 0 aliphatic rings. The Morgan fingerprint density at radius 3 is 2.41 bits per heavy atom. The van der Waals surface area contributed by atoms with E-state index in [-0.39, 0.29) is 18.9 Å². The number of nitrogens with zero attached hydrogens (tertiary/aromatic N) is 1. The SMILES string of the molecule is COc1ccccc1N(CCCC(=O)Nc1ccc2ccccc2c1)S(C)(=O)=O. The molecule has 0 unspecified atom stereocenters. The van der Waals surface area contributed by atoms with E-state index in [4.69, 9.17) is 4.74 Å². The highest BCUT2D eigenvalue weighted by atomic mass is 32.2. The van der Waals surface area contributed by atoms with Crippen LogP contribution < -0.4 is 14.4 Å². The standard InChI is InChI=1S/C22H24N2O4S/c1-28-21-11-6-5-10-20(21)24(29(2,26)27)15-7-12-22(25)23-19-14-13-17-8-3-4-9-18(17)16-19/h3-6,8-11,13-14,16H,7,12,15H2,1-2H3,(H,23,25). The van der Waals surface area contributed by atoms with Gasteiger partial charge in [-0.2, -0.15) is 0 Å². The number of nitrogens with one attached hydrogen (secondary N) is 1. The summed E-state index contributed by atoms with van der Waals surface area (Å²) in [6.07, 6.45) is 1.73. The first-order chi connectivity index (χ1) is 13.9. The van der Waals surface area contributed by atoms with Crippen molar-refractivity contribution in [3.05, 3.63) is 66.7 Å². The Labute approximate surface area is 171 Å². The molecule has 29 heavy (non-hydrogen) atoms. The topological polar surface area (TPSA) is 75.7 Å². The molecule has 0 saturated carbocycles. The number of carbonyl (C=O) groups is 1. The zero-order valence-corrected chi connectivity index (χ0v) is 17.3. The molecule has 3 aromatic rings. The maximum Gasteiger partial charge on any atom is 0.232 e. The number of anilines is 2. The number of benzene rings is 3. The van der Waals surface area contributed by atoms with E-state index >= 15 is 0 Å². The number of ether oxygens (including phenoxy) is 1. The van der Waals surface area contributed by atoms with Gasteiger partial charge in [0.05, 0.1) is 19.1 Å². The van der Waals surface area contributed by atoms with Gasteiger partial charge in [-0.05, 0) is 41.5 Å². The molecule has 0 radical (unpaired) electrons. The summed E-state index contributed by atoms with van der Waals surface area (Å²) in [4.78, 5) is 12.3. The number of amides is 1. The lowest BCUT2D eigenvalue weighted by atomic mass is 10.1. The van der Waals surface area contributed by atoms with E-state index in [9.17, 15) is 13.2 Å². The first-order valence-electron chi connectivity index (χ1n) is 9.28. The van der Waals surface area contributed by atoms with Gasteiger partial charge in [-0.15, -0.1) is 0 Å². The summed E-state index contributed by atoms with van der Waals surface area (Å²) >= 11 is 0. The Balaban J connectivity index is 1.63. The Bertz CT molecular complexity index is 1110. The molecule has 1 N–H and O–H groups in total. The Hall–Kier alpha value is -3.06. The molecule has 0 bridgehead atoms. The molecule has 3 aromatic carbocycles. The van der Waals surface area contributed by atoms with Crippen LogP contribution in [0.2, 0.25) is 0 Å². The fourth-order valence-electron chi connectivity index (χ4n) is 3.17. The van der Waals surface area contributed by atoms with Crippen molar-refractivity contribution >= 4 is 38.1 Å². The predicted molar refractivity (Wildman–Crippen MR) is 117 cm³/mol. The van der Waals surface area contributed by atoms with Crippen LogP contribution in [0.3, 0.4) is 0 Å². The van der Waals surface area contributed by atoms with Crippen molar-refractivity contribution in [3.8, 4) is 5.75 Å². The number of para-hydroxylation sites is 2. The summed E-state index contributed by atoms with van der Waals surface area (Å²) in [5.41, 5.74) is 1.19. The molecule has 0 heterocycles. The predicted octanol–water partition coefficient (Wildman–Crippen LogP) is 4.03. The number of rotatable bonds is 8. The Morgan fingerprint density at radius 1 is 1.00 bits per heavy atom. The van der Waals surface area contributed by atoms with Crippen LogP contribution in [0.15, 0.2) is 66.7 Å². The normalized spacial score (nSPS) is 11.2. The Morgan fingerprint density at radius 2 is 1.69 bits per heavy atom. The molecule has 1 amide bonds. The van der Waals surface area contributed by atoms with Gasteiger partial charge in [-0.3, -0.25) is 9.10 Å². The highest BCUT2D eigenvalue weighted by Crippen LogP contribution is 2.29. The van der Waals surface area contributed by atoms with Crippen LogP contribution in [-0.2, 0) is 14.8 Å². The van der Waals surface area contributed by atoms with E-state index in [0.29, 0.717) is 17.9 Å². The maximum atomic E-state index is 12.3. The van der Waals surface area contributed by atoms with Crippen molar-refractivity contribution < 1.29 is 17.9 Å². The van der Waals surface area contributed by atoms with Crippen molar-refractivity contribution in [2.45, 2.75) is 12.8 Å². The molecule has 152 valence electrons. The first-order valence-corrected chi connectivity index (χ1v) is 11.1. The van der Waals surface area contributed by atoms with E-state index < -0.39 is 10.0 Å². The Kier molecular flexibility index (Phi) is 6.39. The van der Waals surface area contributed by atoms with Crippen LogP contribution in [-0.4, -0.2) is 34.2 Å². The highest BCUT2D eigenvalue weighted by Gasteiger charge is 2.20. The largest absolute Gasteiger partial charge is 0.495 e. The van der Waals surface area contributed by atoms with Crippen LogP contribution in [0.25, 0.3) is 10.8 Å². The number of fused-ring (bicyclic) bond motifs is 1.